The van der Waals surface area contributed by atoms with Crippen LogP contribution in [0.1, 0.15) is 0 Å². The molecule has 1 aromatic heterocycles. The Morgan fingerprint density at radius 2 is 1.72 bits per heavy atom. The minimum atomic E-state index is 0.311. The average Bonchev–Trinajstić information content (AvgIpc) is 2.64. The van der Waals surface area contributed by atoms with Crippen LogP contribution in [0.5, 0.6) is 0 Å². The van der Waals surface area contributed by atoms with Gasteiger partial charge in [0.15, 0.2) is 0 Å². The number of ether oxygens (including phenoxy) is 1. The van der Waals surface area contributed by atoms with E-state index >= 15 is 0 Å². The zero-order chi connectivity index (χ0) is 13.0. The smallest absolute Gasteiger partial charge is 0.138 e. The predicted molar refractivity (Wildman–Crippen MR) is 73.3 cm³/mol. The summed E-state index contributed by atoms with van der Waals surface area (Å²) >= 11 is 0. The summed E-state index contributed by atoms with van der Waals surface area (Å²) in [5.74, 6) is 0. The molecule has 2 rings (SSSR count). The van der Waals surface area contributed by atoms with E-state index in [2.05, 4.69) is 13.2 Å². The van der Waals surface area contributed by atoms with Crippen LogP contribution in [0, 0.1) is 5.41 Å². The molecule has 0 radical (unpaired) electrons. The fourth-order valence-electron chi connectivity index (χ4n) is 1.85. The second-order valence-electron chi connectivity index (χ2n) is 3.85. The van der Waals surface area contributed by atoms with E-state index < -0.39 is 0 Å². The molecular weight excluding hydrogens is 228 g/mol. The van der Waals surface area contributed by atoms with Crippen LogP contribution in [0.4, 0.5) is 0 Å². The van der Waals surface area contributed by atoms with Crippen molar-refractivity contribution in [2.45, 2.75) is 0 Å². The third-order valence-corrected chi connectivity index (χ3v) is 2.69. The fraction of sp³-hybridized carbons (Fsp3) is 0.214. The number of aromatic nitrogens is 1. The molecular formula is C14H16N2O2. The molecule has 1 N–H and O–H groups in total. The van der Waals surface area contributed by atoms with Crippen molar-refractivity contribution < 1.29 is 9.57 Å². The summed E-state index contributed by atoms with van der Waals surface area (Å²) in [6, 6.07) is 7.93. The highest BCUT2D eigenvalue weighted by Crippen LogP contribution is 2.03. The van der Waals surface area contributed by atoms with Crippen LogP contribution >= 0.6 is 0 Å². The van der Waals surface area contributed by atoms with E-state index in [4.69, 9.17) is 15.0 Å². The largest absolute Gasteiger partial charge is 0.411 e. The summed E-state index contributed by atoms with van der Waals surface area (Å²) in [6.45, 7) is 9.16. The number of nitrogens with zero attached hydrogens (tertiary/aromatic N) is 1. The van der Waals surface area contributed by atoms with Crippen LogP contribution in [0.2, 0.25) is 0 Å². The Bertz CT molecular complexity index is 599. The third-order valence-electron chi connectivity index (χ3n) is 2.69. The summed E-state index contributed by atoms with van der Waals surface area (Å²) in [5, 5.41) is 10.5. The van der Waals surface area contributed by atoms with Gasteiger partial charge < -0.3 is 15.0 Å². The van der Waals surface area contributed by atoms with Gasteiger partial charge in [-0.1, -0.05) is 37.4 Å². The van der Waals surface area contributed by atoms with Gasteiger partial charge in [0.1, 0.15) is 6.61 Å². The fourth-order valence-corrected chi connectivity index (χ4v) is 1.85. The minimum absolute atomic E-state index is 0.311. The molecule has 0 aliphatic heterocycles. The van der Waals surface area contributed by atoms with E-state index in [0.717, 1.165) is 21.5 Å². The number of benzene rings is 1. The maximum Gasteiger partial charge on any atom is 0.138 e. The normalized spacial score (nSPS) is 10.7. The quantitative estimate of drug-likeness (QED) is 0.596. The summed E-state index contributed by atoms with van der Waals surface area (Å²) in [5.41, 5.74) is 0. The van der Waals surface area contributed by atoms with Gasteiger partial charge in [0.25, 0.3) is 0 Å². The van der Waals surface area contributed by atoms with E-state index in [-0.39, 0.29) is 0 Å². The summed E-state index contributed by atoms with van der Waals surface area (Å²) in [7, 11) is 0. The molecule has 0 aliphatic rings. The second kappa shape index (κ2) is 5.51. The van der Waals surface area contributed by atoms with E-state index in [1.54, 1.807) is 4.73 Å². The lowest BCUT2D eigenvalue weighted by Crippen LogP contribution is -2.33. The van der Waals surface area contributed by atoms with Crippen molar-refractivity contribution in [2.24, 2.45) is 0 Å². The molecule has 0 fully saturated rings. The Labute approximate surface area is 105 Å². The number of hydrogen-bond donors (Lipinski definition) is 1. The molecule has 0 amide bonds. The molecule has 0 unspecified atom stereocenters. The number of fused-ring (bicyclic) bond motifs is 1. The Morgan fingerprint density at radius 3 is 2.28 bits per heavy atom. The first kappa shape index (κ1) is 12.4. The van der Waals surface area contributed by atoms with Crippen molar-refractivity contribution in [3.05, 3.63) is 35.0 Å². The molecule has 0 aliphatic carbocycles. The van der Waals surface area contributed by atoms with Crippen LogP contribution in [0.15, 0.2) is 24.3 Å². The lowest BCUT2D eigenvalue weighted by molar-refractivity contribution is 0.0452. The highest BCUT2D eigenvalue weighted by Gasteiger charge is 2.04. The Kier molecular flexibility index (Phi) is 3.79. The molecule has 4 heteroatoms. The van der Waals surface area contributed by atoms with Crippen LogP contribution < -0.4 is 15.5 Å². The van der Waals surface area contributed by atoms with Crippen molar-refractivity contribution in [3.63, 3.8) is 0 Å². The van der Waals surface area contributed by atoms with E-state index in [0.29, 0.717) is 19.8 Å². The number of rotatable bonds is 6. The number of nitrogens with one attached hydrogen (secondary N) is 1. The zero-order valence-corrected chi connectivity index (χ0v) is 10.2. The number of hydrogen-bond acceptors (Lipinski definition) is 3. The molecule has 18 heavy (non-hydrogen) atoms. The molecule has 0 saturated heterocycles. The predicted octanol–water partition coefficient (Wildman–Crippen LogP) is 0.557. The van der Waals surface area contributed by atoms with E-state index in [1.807, 2.05) is 24.3 Å². The zero-order valence-electron chi connectivity index (χ0n) is 10.2. The molecule has 1 aromatic carbocycles. The second-order valence-corrected chi connectivity index (χ2v) is 3.85. The van der Waals surface area contributed by atoms with Gasteiger partial charge in [-0.25, -0.2) is 0 Å². The first-order valence-corrected chi connectivity index (χ1v) is 5.73. The highest BCUT2D eigenvalue weighted by molar-refractivity contribution is 5.83. The van der Waals surface area contributed by atoms with Crippen molar-refractivity contribution in [1.29, 1.82) is 5.41 Å². The van der Waals surface area contributed by atoms with Crippen molar-refractivity contribution in [1.82, 2.24) is 4.73 Å². The minimum Gasteiger partial charge on any atom is -0.411 e. The van der Waals surface area contributed by atoms with E-state index in [1.165, 1.54) is 6.21 Å². The maximum absolute atomic E-state index is 6.83. The van der Waals surface area contributed by atoms with Crippen molar-refractivity contribution in [2.75, 3.05) is 19.8 Å². The molecule has 4 nitrogen and oxygen atoms in total. The average molecular weight is 244 g/mol. The Hall–Kier alpha value is -2.07. The summed E-state index contributed by atoms with van der Waals surface area (Å²) < 4.78 is 6.77. The lowest BCUT2D eigenvalue weighted by Gasteiger charge is -2.07. The van der Waals surface area contributed by atoms with Crippen LogP contribution in [0.25, 0.3) is 23.9 Å². The van der Waals surface area contributed by atoms with Gasteiger partial charge in [-0.2, -0.15) is 4.73 Å². The van der Waals surface area contributed by atoms with Gasteiger partial charge in [0.05, 0.1) is 23.9 Å². The van der Waals surface area contributed by atoms with Crippen LogP contribution in [-0.2, 0) is 4.74 Å². The summed E-state index contributed by atoms with van der Waals surface area (Å²) in [6.07, 6.45) is 1.21. The van der Waals surface area contributed by atoms with Crippen molar-refractivity contribution in [3.8, 4) is 0 Å². The first-order chi connectivity index (χ1) is 8.75. The molecule has 0 spiro atoms. The van der Waals surface area contributed by atoms with Gasteiger partial charge in [-0.05, 0) is 0 Å². The van der Waals surface area contributed by atoms with Gasteiger partial charge in [0.2, 0.25) is 0 Å². The van der Waals surface area contributed by atoms with E-state index in [9.17, 15) is 0 Å². The lowest BCUT2D eigenvalue weighted by atomic mass is 10.2. The standard InChI is InChI=1S/C14H16N2O2/c1-11-13-5-3-4-6-14(13)12(2)16(11)18-10-9-17-8-7-15/h3-7,15H,1-2,8-10H2. The monoisotopic (exact) mass is 244 g/mol. The first-order valence-electron chi connectivity index (χ1n) is 5.73. The molecule has 0 saturated carbocycles. The van der Waals surface area contributed by atoms with Gasteiger partial charge >= 0.3 is 0 Å². The van der Waals surface area contributed by atoms with Crippen LogP contribution in [-0.4, -0.2) is 30.8 Å². The molecule has 94 valence electrons. The van der Waals surface area contributed by atoms with Gasteiger partial charge in [0, 0.05) is 17.0 Å². The van der Waals surface area contributed by atoms with Gasteiger partial charge in [-0.3, -0.25) is 0 Å². The van der Waals surface area contributed by atoms with Gasteiger partial charge in [-0.15, -0.1) is 0 Å². The Morgan fingerprint density at radius 1 is 1.11 bits per heavy atom. The molecule has 0 atom stereocenters. The highest BCUT2D eigenvalue weighted by atomic mass is 16.7. The van der Waals surface area contributed by atoms with Crippen molar-refractivity contribution >= 4 is 30.1 Å². The maximum atomic E-state index is 6.83. The third kappa shape index (κ3) is 2.28. The van der Waals surface area contributed by atoms with Crippen LogP contribution in [0.3, 0.4) is 0 Å². The molecule has 1 heterocycles. The SMILES string of the molecule is C=c1c2ccccc2c(=C)n1OCCOCC=N. The molecule has 0 bridgehead atoms. The topological polar surface area (TPSA) is 47.2 Å². The Balaban J connectivity index is 2.16. The molecule has 2 aromatic rings. The summed E-state index contributed by atoms with van der Waals surface area (Å²) in [4.78, 5) is 5.59.